The van der Waals surface area contributed by atoms with Crippen molar-refractivity contribution in [1.29, 1.82) is 0 Å². The first-order chi connectivity index (χ1) is 13.4. The van der Waals surface area contributed by atoms with E-state index in [-0.39, 0.29) is 17.5 Å². The van der Waals surface area contributed by atoms with Crippen LogP contribution in [0.25, 0.3) is 28.0 Å². The summed E-state index contributed by atoms with van der Waals surface area (Å²) in [5, 5.41) is 8.35. The number of pyridine rings is 1. The van der Waals surface area contributed by atoms with Gasteiger partial charge in [0.15, 0.2) is 17.5 Å². The highest BCUT2D eigenvalue weighted by molar-refractivity contribution is 6.35. The monoisotopic (exact) mass is 393 g/mol. The zero-order chi connectivity index (χ0) is 19.8. The quantitative estimate of drug-likeness (QED) is 0.551. The summed E-state index contributed by atoms with van der Waals surface area (Å²) in [6, 6.07) is 9.26. The summed E-state index contributed by atoms with van der Waals surface area (Å²) in [5.74, 6) is 0.405. The fourth-order valence-electron chi connectivity index (χ4n) is 2.87. The fourth-order valence-corrected chi connectivity index (χ4v) is 3.14. The van der Waals surface area contributed by atoms with E-state index in [1.165, 1.54) is 6.92 Å². The van der Waals surface area contributed by atoms with Gasteiger partial charge in [0.25, 0.3) is 0 Å². The van der Waals surface area contributed by atoms with Gasteiger partial charge < -0.3 is 11.1 Å². The first-order valence-corrected chi connectivity index (χ1v) is 8.82. The van der Waals surface area contributed by atoms with Crippen molar-refractivity contribution in [1.82, 2.24) is 24.7 Å². The van der Waals surface area contributed by atoms with Crippen LogP contribution in [0, 0.1) is 6.92 Å². The average Bonchev–Trinajstić information content (AvgIpc) is 3.09. The number of aryl methyl sites for hydroxylation is 1. The van der Waals surface area contributed by atoms with Gasteiger partial charge in [-0.15, -0.1) is 0 Å². The van der Waals surface area contributed by atoms with Crippen LogP contribution in [-0.4, -0.2) is 30.6 Å². The molecular formula is C19H16ClN7O. The van der Waals surface area contributed by atoms with Crippen LogP contribution in [0.3, 0.4) is 0 Å². The smallest absolute Gasteiger partial charge is 0.222 e. The largest absolute Gasteiger partial charge is 0.381 e. The van der Waals surface area contributed by atoms with E-state index in [0.717, 1.165) is 11.1 Å². The van der Waals surface area contributed by atoms with Crippen molar-refractivity contribution in [3.8, 4) is 17.1 Å². The Morgan fingerprint density at radius 2 is 2.07 bits per heavy atom. The molecular weight excluding hydrogens is 378 g/mol. The third-order valence-corrected chi connectivity index (χ3v) is 4.36. The summed E-state index contributed by atoms with van der Waals surface area (Å²) in [4.78, 5) is 24.8. The Bertz CT molecular complexity index is 1220. The molecule has 0 unspecified atom stereocenters. The number of nitrogens with one attached hydrogen (secondary N) is 1. The van der Waals surface area contributed by atoms with Gasteiger partial charge in [0.1, 0.15) is 5.69 Å². The van der Waals surface area contributed by atoms with Crippen LogP contribution < -0.4 is 11.1 Å². The third kappa shape index (κ3) is 3.25. The molecule has 0 saturated carbocycles. The summed E-state index contributed by atoms with van der Waals surface area (Å²) in [7, 11) is 0. The molecule has 3 aromatic heterocycles. The van der Waals surface area contributed by atoms with Gasteiger partial charge in [0.2, 0.25) is 5.91 Å². The van der Waals surface area contributed by atoms with Crippen molar-refractivity contribution >= 4 is 40.0 Å². The number of carbonyl (C=O) groups is 1. The second-order valence-corrected chi connectivity index (χ2v) is 6.65. The minimum Gasteiger partial charge on any atom is -0.381 e. The van der Waals surface area contributed by atoms with Crippen LogP contribution in [0.4, 0.5) is 11.6 Å². The van der Waals surface area contributed by atoms with Gasteiger partial charge in [-0.05, 0) is 31.2 Å². The Balaban J connectivity index is 1.99. The van der Waals surface area contributed by atoms with Crippen molar-refractivity contribution < 1.29 is 4.79 Å². The van der Waals surface area contributed by atoms with E-state index in [1.807, 2.05) is 31.2 Å². The van der Waals surface area contributed by atoms with Crippen LogP contribution >= 0.6 is 11.6 Å². The minimum absolute atomic E-state index is 0.0932. The molecule has 1 aromatic carbocycles. The number of fused-ring (bicyclic) bond motifs is 1. The Hall–Kier alpha value is -3.52. The van der Waals surface area contributed by atoms with Crippen molar-refractivity contribution in [2.24, 2.45) is 0 Å². The average molecular weight is 394 g/mol. The zero-order valence-corrected chi connectivity index (χ0v) is 15.9. The Labute approximate surface area is 165 Å². The lowest BCUT2D eigenvalue weighted by atomic mass is 10.1. The number of hydrogen-bond acceptors (Lipinski definition) is 6. The van der Waals surface area contributed by atoms with Crippen LogP contribution in [0.2, 0.25) is 5.02 Å². The van der Waals surface area contributed by atoms with Gasteiger partial charge >= 0.3 is 0 Å². The first kappa shape index (κ1) is 17.9. The molecule has 9 heteroatoms. The van der Waals surface area contributed by atoms with Gasteiger partial charge in [-0.25, -0.2) is 14.6 Å². The van der Waals surface area contributed by atoms with Crippen LogP contribution in [0.15, 0.2) is 42.7 Å². The van der Waals surface area contributed by atoms with Crippen LogP contribution in [0.1, 0.15) is 12.6 Å². The highest BCUT2D eigenvalue weighted by Gasteiger charge is 2.18. The van der Waals surface area contributed by atoms with E-state index in [2.05, 4.69) is 25.4 Å². The van der Waals surface area contributed by atoms with E-state index >= 15 is 0 Å². The topological polar surface area (TPSA) is 112 Å². The van der Waals surface area contributed by atoms with Crippen LogP contribution in [0.5, 0.6) is 0 Å². The second-order valence-electron chi connectivity index (χ2n) is 6.25. The predicted octanol–water partition coefficient (Wildman–Crippen LogP) is 3.38. The molecule has 3 N–H and O–H groups in total. The van der Waals surface area contributed by atoms with Crippen molar-refractivity contribution in [3.05, 3.63) is 53.4 Å². The lowest BCUT2D eigenvalue weighted by Gasteiger charge is -2.13. The highest BCUT2D eigenvalue weighted by atomic mass is 35.5. The maximum Gasteiger partial charge on any atom is 0.222 e. The number of rotatable bonds is 3. The second kappa shape index (κ2) is 6.90. The number of anilines is 2. The molecule has 0 fully saturated rings. The van der Waals surface area contributed by atoms with Crippen molar-refractivity contribution in [2.45, 2.75) is 13.8 Å². The Morgan fingerprint density at radius 3 is 2.79 bits per heavy atom. The lowest BCUT2D eigenvalue weighted by molar-refractivity contribution is -0.114. The molecule has 0 spiro atoms. The van der Waals surface area contributed by atoms with Gasteiger partial charge in [-0.3, -0.25) is 9.78 Å². The Kier molecular flexibility index (Phi) is 4.40. The summed E-state index contributed by atoms with van der Waals surface area (Å²) in [5.41, 5.74) is 8.70. The number of halogens is 1. The molecule has 0 aliphatic heterocycles. The number of nitrogens with zero attached hydrogens (tertiary/aromatic N) is 5. The highest BCUT2D eigenvalue weighted by Crippen LogP contribution is 2.33. The summed E-state index contributed by atoms with van der Waals surface area (Å²) < 4.78 is 1.59. The fraction of sp³-hybridized carbons (Fsp3) is 0.105. The van der Waals surface area contributed by atoms with E-state index < -0.39 is 0 Å². The summed E-state index contributed by atoms with van der Waals surface area (Å²) in [6.45, 7) is 3.25. The zero-order valence-electron chi connectivity index (χ0n) is 15.1. The van der Waals surface area contributed by atoms with Gasteiger partial charge in [0, 0.05) is 30.3 Å². The molecule has 0 saturated heterocycles. The molecule has 8 nitrogen and oxygen atoms in total. The van der Waals surface area contributed by atoms with Gasteiger partial charge in [0.05, 0.1) is 16.2 Å². The van der Waals surface area contributed by atoms with Crippen molar-refractivity contribution in [3.63, 3.8) is 0 Å². The number of carbonyl (C=O) groups excluding carboxylic acids is 1. The molecule has 0 aliphatic rings. The molecule has 0 atom stereocenters. The number of hydrogen-bond donors (Lipinski definition) is 2. The predicted molar refractivity (Wildman–Crippen MR) is 108 cm³/mol. The van der Waals surface area contributed by atoms with E-state index in [1.54, 1.807) is 23.1 Å². The Morgan fingerprint density at radius 1 is 1.25 bits per heavy atom. The molecule has 1 amide bonds. The number of nitrogen functional groups attached to an aromatic ring is 1. The minimum atomic E-state index is -0.296. The maximum absolute atomic E-state index is 11.5. The molecule has 4 rings (SSSR count). The molecule has 4 aromatic rings. The molecule has 3 heterocycles. The number of nitrogens with two attached hydrogens (primary N) is 1. The standard InChI is InChI=1S/C19H16ClN7O/c1-10-5-7-27(26-10)19-16(24-18(17(21)25-19)23-11(2)28)13-8-12-4-3-6-22-15(12)14(20)9-13/h3-9H,1-2H3,(H2,21,25)(H,23,24,28). The van der Waals surface area contributed by atoms with Crippen LogP contribution in [-0.2, 0) is 4.79 Å². The van der Waals surface area contributed by atoms with Gasteiger partial charge in [-0.2, -0.15) is 5.10 Å². The van der Waals surface area contributed by atoms with Gasteiger partial charge in [-0.1, -0.05) is 17.7 Å². The third-order valence-electron chi connectivity index (χ3n) is 4.07. The summed E-state index contributed by atoms with van der Waals surface area (Å²) >= 11 is 6.44. The number of amides is 1. The summed E-state index contributed by atoms with van der Waals surface area (Å²) in [6.07, 6.45) is 3.45. The molecule has 0 bridgehead atoms. The first-order valence-electron chi connectivity index (χ1n) is 8.45. The normalized spacial score (nSPS) is 11.0. The SMILES string of the molecule is CC(=O)Nc1nc(-c2cc(Cl)c3ncccc3c2)c(-n2ccc(C)n2)nc1N. The molecule has 28 heavy (non-hydrogen) atoms. The molecule has 140 valence electrons. The van der Waals surface area contributed by atoms with E-state index in [9.17, 15) is 4.79 Å². The number of aromatic nitrogens is 5. The van der Waals surface area contributed by atoms with E-state index in [4.69, 9.17) is 17.3 Å². The lowest BCUT2D eigenvalue weighted by Crippen LogP contribution is -2.14. The molecule has 0 aliphatic carbocycles. The molecule has 0 radical (unpaired) electrons. The van der Waals surface area contributed by atoms with E-state index in [0.29, 0.717) is 27.6 Å². The maximum atomic E-state index is 11.5. The number of benzene rings is 1. The van der Waals surface area contributed by atoms with Crippen molar-refractivity contribution in [2.75, 3.05) is 11.1 Å².